The topological polar surface area (TPSA) is 33.7 Å². The van der Waals surface area contributed by atoms with Gasteiger partial charge in [-0.15, -0.1) is 0 Å². The van der Waals surface area contributed by atoms with Gasteiger partial charge < -0.3 is 14.8 Å². The minimum Gasteiger partial charge on any atom is -0.382 e. The predicted molar refractivity (Wildman–Crippen MR) is 85.5 cm³/mol. The molecule has 1 fully saturated rings. The van der Waals surface area contributed by atoms with E-state index in [0.717, 1.165) is 26.2 Å². The van der Waals surface area contributed by atoms with Crippen molar-refractivity contribution >= 4 is 0 Å². The minimum absolute atomic E-state index is 0.412. The molecular formula is C17H28N2O2. The summed E-state index contributed by atoms with van der Waals surface area (Å²) >= 11 is 0. The molecule has 0 aliphatic carbocycles. The molecule has 1 aliphatic rings. The Bertz CT molecular complexity index is 386. The van der Waals surface area contributed by atoms with E-state index >= 15 is 0 Å². The number of benzene rings is 1. The van der Waals surface area contributed by atoms with Crippen molar-refractivity contribution in [2.24, 2.45) is 0 Å². The first-order valence-corrected chi connectivity index (χ1v) is 7.90. The summed E-state index contributed by atoms with van der Waals surface area (Å²) in [4.78, 5) is 2.53. The summed E-state index contributed by atoms with van der Waals surface area (Å²) in [6.45, 7) is 7.53. The lowest BCUT2D eigenvalue weighted by Gasteiger charge is -2.29. The van der Waals surface area contributed by atoms with Crippen molar-refractivity contribution in [1.29, 1.82) is 0 Å². The van der Waals surface area contributed by atoms with E-state index in [9.17, 15) is 0 Å². The molecule has 2 rings (SSSR count). The second-order valence-electron chi connectivity index (χ2n) is 5.66. The number of methoxy groups -OCH3 is 1. The highest BCUT2D eigenvalue weighted by Crippen LogP contribution is 2.19. The first-order chi connectivity index (χ1) is 10.3. The zero-order valence-corrected chi connectivity index (χ0v) is 13.3. The fourth-order valence-corrected chi connectivity index (χ4v) is 2.77. The Balaban J connectivity index is 1.86. The lowest BCUT2D eigenvalue weighted by molar-refractivity contribution is 0.0505. The lowest BCUT2D eigenvalue weighted by atomic mass is 10.1. The predicted octanol–water partition coefficient (Wildman–Crippen LogP) is 2.07. The summed E-state index contributed by atoms with van der Waals surface area (Å²) < 4.78 is 10.6. The highest BCUT2D eigenvalue weighted by molar-refractivity contribution is 5.19. The number of hydrogen-bond donors (Lipinski definition) is 1. The van der Waals surface area contributed by atoms with E-state index in [0.29, 0.717) is 25.3 Å². The maximum atomic E-state index is 5.62. The summed E-state index contributed by atoms with van der Waals surface area (Å²) in [6, 6.07) is 11.7. The van der Waals surface area contributed by atoms with Gasteiger partial charge in [0.25, 0.3) is 0 Å². The molecule has 0 radical (unpaired) electrons. The van der Waals surface area contributed by atoms with E-state index in [1.54, 1.807) is 7.11 Å². The van der Waals surface area contributed by atoms with E-state index in [2.05, 4.69) is 47.5 Å². The van der Waals surface area contributed by atoms with Gasteiger partial charge in [-0.05, 0) is 25.5 Å². The Morgan fingerprint density at radius 3 is 2.76 bits per heavy atom. The van der Waals surface area contributed by atoms with Gasteiger partial charge in [0, 0.05) is 32.3 Å². The Morgan fingerprint density at radius 2 is 2.00 bits per heavy atom. The summed E-state index contributed by atoms with van der Waals surface area (Å²) in [5, 5.41) is 3.67. The molecule has 1 saturated heterocycles. The van der Waals surface area contributed by atoms with Crippen LogP contribution in [0, 0.1) is 0 Å². The summed E-state index contributed by atoms with van der Waals surface area (Å²) in [7, 11) is 1.70. The van der Waals surface area contributed by atoms with E-state index in [4.69, 9.17) is 9.47 Å². The van der Waals surface area contributed by atoms with Crippen molar-refractivity contribution in [3.63, 3.8) is 0 Å². The quantitative estimate of drug-likeness (QED) is 0.780. The maximum Gasteiger partial charge on any atom is 0.0700 e. The van der Waals surface area contributed by atoms with Crippen LogP contribution in [0.15, 0.2) is 30.3 Å². The van der Waals surface area contributed by atoms with Crippen molar-refractivity contribution in [2.75, 3.05) is 46.6 Å². The Morgan fingerprint density at radius 1 is 1.19 bits per heavy atom. The van der Waals surface area contributed by atoms with Crippen LogP contribution in [0.25, 0.3) is 0 Å². The van der Waals surface area contributed by atoms with Crippen LogP contribution in [0.2, 0.25) is 0 Å². The molecule has 4 heteroatoms. The largest absolute Gasteiger partial charge is 0.382 e. The van der Waals surface area contributed by atoms with Gasteiger partial charge in [0.1, 0.15) is 0 Å². The normalized spacial score (nSPS) is 23.9. The molecule has 118 valence electrons. The van der Waals surface area contributed by atoms with Crippen LogP contribution in [0.5, 0.6) is 0 Å². The molecule has 2 atom stereocenters. The third-order valence-electron chi connectivity index (χ3n) is 4.15. The van der Waals surface area contributed by atoms with Crippen LogP contribution < -0.4 is 5.32 Å². The smallest absolute Gasteiger partial charge is 0.0700 e. The summed E-state index contributed by atoms with van der Waals surface area (Å²) in [6.07, 6.45) is 1.18. The van der Waals surface area contributed by atoms with Crippen molar-refractivity contribution in [2.45, 2.75) is 25.4 Å². The zero-order valence-electron chi connectivity index (χ0n) is 13.3. The average Bonchev–Trinajstić information content (AvgIpc) is 2.70. The number of ether oxygens (including phenoxy) is 2. The molecule has 0 bridgehead atoms. The van der Waals surface area contributed by atoms with Crippen molar-refractivity contribution < 1.29 is 9.47 Å². The monoisotopic (exact) mass is 292 g/mol. The van der Waals surface area contributed by atoms with Crippen LogP contribution in [0.4, 0.5) is 0 Å². The number of nitrogens with zero attached hydrogens (tertiary/aromatic N) is 1. The summed E-state index contributed by atoms with van der Waals surface area (Å²) in [5.74, 6) is 0. The molecule has 1 aliphatic heterocycles. The van der Waals surface area contributed by atoms with Crippen LogP contribution in [0.1, 0.15) is 24.9 Å². The average molecular weight is 292 g/mol. The van der Waals surface area contributed by atoms with E-state index < -0.39 is 0 Å². The molecule has 1 aromatic rings. The van der Waals surface area contributed by atoms with Gasteiger partial charge in [0.15, 0.2) is 0 Å². The minimum atomic E-state index is 0.412. The van der Waals surface area contributed by atoms with Crippen molar-refractivity contribution in [1.82, 2.24) is 10.2 Å². The summed E-state index contributed by atoms with van der Waals surface area (Å²) in [5.41, 5.74) is 1.37. The maximum absolute atomic E-state index is 5.62. The van der Waals surface area contributed by atoms with Gasteiger partial charge in [-0.2, -0.15) is 0 Å². The SMILES string of the molecule is COCCOCCN1CC(c2ccccc2)NCCC1C. The second kappa shape index (κ2) is 9.15. The first-order valence-electron chi connectivity index (χ1n) is 7.90. The van der Waals surface area contributed by atoms with Crippen molar-refractivity contribution in [3.8, 4) is 0 Å². The molecule has 2 unspecified atom stereocenters. The highest BCUT2D eigenvalue weighted by atomic mass is 16.5. The Hall–Kier alpha value is -0.940. The van der Waals surface area contributed by atoms with Gasteiger partial charge in [-0.1, -0.05) is 30.3 Å². The lowest BCUT2D eigenvalue weighted by Crippen LogP contribution is -2.38. The molecule has 0 amide bonds. The van der Waals surface area contributed by atoms with Crippen LogP contribution in [-0.4, -0.2) is 57.5 Å². The zero-order chi connectivity index (χ0) is 14.9. The van der Waals surface area contributed by atoms with Gasteiger partial charge >= 0.3 is 0 Å². The van der Waals surface area contributed by atoms with Gasteiger partial charge in [0.05, 0.1) is 19.8 Å². The number of rotatable bonds is 7. The van der Waals surface area contributed by atoms with E-state index in [1.807, 2.05) is 0 Å². The first kappa shape index (κ1) is 16.4. The Kier molecular flexibility index (Phi) is 7.16. The third kappa shape index (κ3) is 5.40. The van der Waals surface area contributed by atoms with Crippen LogP contribution in [-0.2, 0) is 9.47 Å². The molecule has 0 aromatic heterocycles. The van der Waals surface area contributed by atoms with Gasteiger partial charge in [-0.25, -0.2) is 0 Å². The molecule has 4 nitrogen and oxygen atoms in total. The molecule has 1 heterocycles. The van der Waals surface area contributed by atoms with Gasteiger partial charge in [-0.3, -0.25) is 4.90 Å². The molecule has 1 N–H and O–H groups in total. The fourth-order valence-electron chi connectivity index (χ4n) is 2.77. The fraction of sp³-hybridized carbons (Fsp3) is 0.647. The molecule has 1 aromatic carbocycles. The van der Waals surface area contributed by atoms with Crippen molar-refractivity contribution in [3.05, 3.63) is 35.9 Å². The highest BCUT2D eigenvalue weighted by Gasteiger charge is 2.23. The molecular weight excluding hydrogens is 264 g/mol. The second-order valence-corrected chi connectivity index (χ2v) is 5.66. The standard InChI is InChI=1S/C17H28N2O2/c1-15-8-9-18-17(16-6-4-3-5-7-16)14-19(15)10-11-21-13-12-20-2/h3-7,15,17-18H,8-14H2,1-2H3. The van der Waals surface area contributed by atoms with Crippen LogP contribution >= 0.6 is 0 Å². The van der Waals surface area contributed by atoms with E-state index in [1.165, 1.54) is 12.0 Å². The molecule has 0 spiro atoms. The number of nitrogens with one attached hydrogen (secondary N) is 1. The molecule has 21 heavy (non-hydrogen) atoms. The number of hydrogen-bond acceptors (Lipinski definition) is 4. The van der Waals surface area contributed by atoms with E-state index in [-0.39, 0.29) is 0 Å². The Labute approximate surface area is 128 Å². The van der Waals surface area contributed by atoms with Crippen LogP contribution in [0.3, 0.4) is 0 Å². The van der Waals surface area contributed by atoms with Gasteiger partial charge in [0.2, 0.25) is 0 Å². The third-order valence-corrected chi connectivity index (χ3v) is 4.15. The molecule has 0 saturated carbocycles.